The number of carbonyl (C=O) groups excluding carboxylic acids is 1. The average Bonchev–Trinajstić information content (AvgIpc) is 3.13. The van der Waals surface area contributed by atoms with Gasteiger partial charge in [0.05, 0.1) is 18.6 Å². The summed E-state index contributed by atoms with van der Waals surface area (Å²) in [4.78, 5) is 12.4. The third-order valence-corrected chi connectivity index (χ3v) is 6.58. The molecule has 158 valence electrons. The second-order valence-corrected chi connectivity index (χ2v) is 8.75. The molecule has 1 fully saturated rings. The number of halogens is 1. The lowest BCUT2D eigenvalue weighted by atomic mass is 9.86. The van der Waals surface area contributed by atoms with Crippen molar-refractivity contribution in [2.24, 2.45) is 5.92 Å². The molecule has 2 aromatic rings. The van der Waals surface area contributed by atoms with Gasteiger partial charge in [-0.05, 0) is 37.5 Å². The van der Waals surface area contributed by atoms with E-state index in [-0.39, 0.29) is 11.7 Å². The van der Waals surface area contributed by atoms with Gasteiger partial charge in [-0.3, -0.25) is 4.79 Å². The van der Waals surface area contributed by atoms with Crippen molar-refractivity contribution in [1.29, 1.82) is 0 Å². The Kier molecular flexibility index (Phi) is 8.24. The zero-order valence-corrected chi connectivity index (χ0v) is 18.7. The van der Waals surface area contributed by atoms with E-state index in [1.807, 2.05) is 0 Å². The summed E-state index contributed by atoms with van der Waals surface area (Å²) in [6, 6.07) is 5.14. The molecule has 0 unspecified atom stereocenters. The Hall–Kier alpha value is -1.73. The number of nitrogens with one attached hydrogen (secondary N) is 1. The van der Waals surface area contributed by atoms with Crippen molar-refractivity contribution >= 4 is 35.0 Å². The number of hydrogen-bond acceptors (Lipinski definition) is 5. The van der Waals surface area contributed by atoms with Crippen molar-refractivity contribution in [3.8, 4) is 5.75 Å². The molecule has 1 heterocycles. The summed E-state index contributed by atoms with van der Waals surface area (Å²) in [7, 11) is 1.56. The summed E-state index contributed by atoms with van der Waals surface area (Å²) in [5.74, 6) is 2.54. The number of aryl methyl sites for hydroxylation is 1. The minimum absolute atomic E-state index is 0.134. The van der Waals surface area contributed by atoms with Gasteiger partial charge < -0.3 is 14.6 Å². The second kappa shape index (κ2) is 10.9. The van der Waals surface area contributed by atoms with Crippen LogP contribution in [0.15, 0.2) is 23.4 Å². The van der Waals surface area contributed by atoms with Crippen LogP contribution in [0.2, 0.25) is 5.02 Å². The van der Waals surface area contributed by atoms with Gasteiger partial charge in [0.15, 0.2) is 5.16 Å². The Morgan fingerprint density at radius 2 is 2.10 bits per heavy atom. The Morgan fingerprint density at radius 1 is 1.31 bits per heavy atom. The number of benzene rings is 1. The molecule has 0 radical (unpaired) electrons. The van der Waals surface area contributed by atoms with Crippen LogP contribution >= 0.6 is 23.4 Å². The maximum Gasteiger partial charge on any atom is 0.234 e. The van der Waals surface area contributed by atoms with E-state index in [0.717, 1.165) is 29.9 Å². The van der Waals surface area contributed by atoms with E-state index < -0.39 is 0 Å². The Bertz CT molecular complexity index is 821. The van der Waals surface area contributed by atoms with Crippen molar-refractivity contribution in [2.45, 2.75) is 63.6 Å². The maximum atomic E-state index is 12.4. The Morgan fingerprint density at radius 3 is 2.83 bits per heavy atom. The normalized spacial score (nSPS) is 14.7. The molecule has 8 heteroatoms. The van der Waals surface area contributed by atoms with Crippen LogP contribution in [0.5, 0.6) is 5.75 Å². The minimum atomic E-state index is -0.134. The number of nitrogens with zero attached hydrogens (tertiary/aromatic N) is 3. The monoisotopic (exact) mass is 436 g/mol. The topological polar surface area (TPSA) is 69.0 Å². The first-order chi connectivity index (χ1) is 14.1. The number of thioether (sulfide) groups is 1. The minimum Gasteiger partial charge on any atom is -0.495 e. The second-order valence-electron chi connectivity index (χ2n) is 7.37. The van der Waals surface area contributed by atoms with E-state index >= 15 is 0 Å². The summed E-state index contributed by atoms with van der Waals surface area (Å²) in [5, 5.41) is 12.9. The third kappa shape index (κ3) is 6.12. The lowest BCUT2D eigenvalue weighted by molar-refractivity contribution is -0.113. The van der Waals surface area contributed by atoms with E-state index in [4.69, 9.17) is 16.3 Å². The number of anilines is 1. The van der Waals surface area contributed by atoms with Crippen molar-refractivity contribution in [3.63, 3.8) is 0 Å². The van der Waals surface area contributed by atoms with Crippen LogP contribution in [0.3, 0.4) is 0 Å². The van der Waals surface area contributed by atoms with E-state index in [9.17, 15) is 4.79 Å². The number of methoxy groups -OCH3 is 1. The number of amides is 1. The first kappa shape index (κ1) is 22.0. The van der Waals surface area contributed by atoms with Gasteiger partial charge in [0.2, 0.25) is 5.91 Å². The number of carbonyl (C=O) groups is 1. The summed E-state index contributed by atoms with van der Waals surface area (Å²) in [6.45, 7) is 2.90. The molecule has 0 saturated heterocycles. The van der Waals surface area contributed by atoms with Crippen molar-refractivity contribution in [1.82, 2.24) is 14.8 Å². The number of ether oxygens (including phenoxy) is 1. The zero-order valence-electron chi connectivity index (χ0n) is 17.1. The molecule has 1 amide bonds. The Balaban J connectivity index is 1.55. The van der Waals surface area contributed by atoms with Gasteiger partial charge in [-0.15, -0.1) is 10.2 Å². The molecule has 0 bridgehead atoms. The highest BCUT2D eigenvalue weighted by molar-refractivity contribution is 7.99. The fourth-order valence-corrected chi connectivity index (χ4v) is 4.83. The van der Waals surface area contributed by atoms with Gasteiger partial charge >= 0.3 is 0 Å². The van der Waals surface area contributed by atoms with Crippen LogP contribution in [-0.4, -0.2) is 33.5 Å². The SMILES string of the molecule is CCn1c(CCC2CCCCC2)nnc1SCC(=O)Nc1cc(Cl)ccc1OC. The quantitative estimate of drug-likeness (QED) is 0.547. The maximum absolute atomic E-state index is 12.4. The average molecular weight is 437 g/mol. The fourth-order valence-electron chi connectivity index (χ4n) is 3.83. The van der Waals surface area contributed by atoms with Crippen molar-refractivity contribution in [3.05, 3.63) is 29.0 Å². The van der Waals surface area contributed by atoms with Gasteiger partial charge in [-0.25, -0.2) is 0 Å². The molecular formula is C21H29ClN4O2S. The molecule has 1 aromatic carbocycles. The van der Waals surface area contributed by atoms with E-state index in [2.05, 4.69) is 27.0 Å². The van der Waals surface area contributed by atoms with Gasteiger partial charge in [-0.2, -0.15) is 0 Å². The standard InChI is InChI=1S/C21H29ClN4O2S/c1-3-26-19(12-9-15-7-5-4-6-8-15)24-25-21(26)29-14-20(27)23-17-13-16(22)10-11-18(17)28-2/h10-11,13,15H,3-9,12,14H2,1-2H3,(H,23,27). The summed E-state index contributed by atoms with van der Waals surface area (Å²) in [6.07, 6.45) is 8.92. The smallest absolute Gasteiger partial charge is 0.234 e. The predicted octanol–water partition coefficient (Wildman–Crippen LogP) is 5.20. The molecule has 29 heavy (non-hydrogen) atoms. The highest BCUT2D eigenvalue weighted by Gasteiger charge is 2.17. The van der Waals surface area contributed by atoms with Gasteiger partial charge in [0.1, 0.15) is 11.6 Å². The molecule has 6 nitrogen and oxygen atoms in total. The first-order valence-corrected chi connectivity index (χ1v) is 11.6. The highest BCUT2D eigenvalue weighted by Crippen LogP contribution is 2.29. The lowest BCUT2D eigenvalue weighted by Gasteiger charge is -2.21. The molecule has 0 atom stereocenters. The van der Waals surface area contributed by atoms with Crippen LogP contribution in [0.25, 0.3) is 0 Å². The van der Waals surface area contributed by atoms with E-state index in [1.54, 1.807) is 25.3 Å². The predicted molar refractivity (Wildman–Crippen MR) is 118 cm³/mol. The first-order valence-electron chi connectivity index (χ1n) is 10.3. The van der Waals surface area contributed by atoms with Crippen LogP contribution in [0.4, 0.5) is 5.69 Å². The van der Waals surface area contributed by atoms with Crippen molar-refractivity contribution in [2.75, 3.05) is 18.2 Å². The molecular weight excluding hydrogens is 408 g/mol. The van der Waals surface area contributed by atoms with E-state index in [0.29, 0.717) is 16.5 Å². The van der Waals surface area contributed by atoms with Gasteiger partial charge in [-0.1, -0.05) is 55.5 Å². The van der Waals surface area contributed by atoms with Crippen molar-refractivity contribution < 1.29 is 9.53 Å². The molecule has 1 saturated carbocycles. The lowest BCUT2D eigenvalue weighted by Crippen LogP contribution is -2.15. The van der Waals surface area contributed by atoms with Gasteiger partial charge in [0.25, 0.3) is 0 Å². The number of aromatic nitrogens is 3. The molecule has 0 aliphatic heterocycles. The van der Waals surface area contributed by atoms with E-state index in [1.165, 1.54) is 50.3 Å². The fraction of sp³-hybridized carbons (Fsp3) is 0.571. The molecule has 0 spiro atoms. The van der Waals surface area contributed by atoms with Gasteiger partial charge in [0, 0.05) is 18.0 Å². The van der Waals surface area contributed by atoms with Crippen LogP contribution in [0, 0.1) is 5.92 Å². The van der Waals surface area contributed by atoms with Crippen LogP contribution in [-0.2, 0) is 17.8 Å². The highest BCUT2D eigenvalue weighted by atomic mass is 35.5. The number of rotatable bonds is 9. The summed E-state index contributed by atoms with van der Waals surface area (Å²) in [5.41, 5.74) is 0.565. The Labute approximate surface area is 181 Å². The molecule has 1 aliphatic rings. The summed E-state index contributed by atoms with van der Waals surface area (Å²) < 4.78 is 7.40. The zero-order chi connectivity index (χ0) is 20.6. The molecule has 1 aromatic heterocycles. The largest absolute Gasteiger partial charge is 0.495 e. The number of hydrogen-bond donors (Lipinski definition) is 1. The molecule has 1 aliphatic carbocycles. The van der Waals surface area contributed by atoms with Crippen LogP contribution < -0.4 is 10.1 Å². The van der Waals surface area contributed by atoms with Crippen LogP contribution in [0.1, 0.15) is 51.3 Å². The molecule has 3 rings (SSSR count). The molecule has 1 N–H and O–H groups in total. The summed E-state index contributed by atoms with van der Waals surface area (Å²) >= 11 is 7.43. The third-order valence-electron chi connectivity index (χ3n) is 5.38.